The Bertz CT molecular complexity index is 404. The van der Waals surface area contributed by atoms with Crippen molar-refractivity contribution in [3.63, 3.8) is 0 Å². The van der Waals surface area contributed by atoms with Crippen molar-refractivity contribution >= 4 is 0 Å². The molecule has 1 atom stereocenters. The van der Waals surface area contributed by atoms with Crippen LogP contribution in [0.5, 0.6) is 0 Å². The van der Waals surface area contributed by atoms with E-state index < -0.39 is 0 Å². The minimum absolute atomic E-state index is 0.255. The molecule has 0 amide bonds. The van der Waals surface area contributed by atoms with Gasteiger partial charge in [0.05, 0.1) is 18.4 Å². The van der Waals surface area contributed by atoms with Crippen LogP contribution >= 0.6 is 0 Å². The summed E-state index contributed by atoms with van der Waals surface area (Å²) in [6.07, 6.45) is 6.40. The van der Waals surface area contributed by atoms with Crippen molar-refractivity contribution in [1.82, 2.24) is 25.2 Å². The predicted octanol–water partition coefficient (Wildman–Crippen LogP) is 0.459. The molecule has 0 aliphatic rings. The number of nitrogens with two attached hydrogens (primary N) is 1. The highest BCUT2D eigenvalue weighted by Gasteiger charge is 2.13. The lowest BCUT2D eigenvalue weighted by molar-refractivity contribution is 0.601. The van der Waals surface area contributed by atoms with Gasteiger partial charge in [0.2, 0.25) is 0 Å². The fourth-order valence-corrected chi connectivity index (χ4v) is 1.42. The van der Waals surface area contributed by atoms with Gasteiger partial charge in [0.1, 0.15) is 5.69 Å². The molecule has 80 valence electrons. The molecule has 0 aliphatic carbocycles. The zero-order valence-electron chi connectivity index (χ0n) is 8.59. The molecule has 0 saturated heterocycles. The largest absolute Gasteiger partial charge is 0.319 e. The van der Waals surface area contributed by atoms with Gasteiger partial charge < -0.3 is 5.73 Å². The van der Waals surface area contributed by atoms with Crippen molar-refractivity contribution < 1.29 is 0 Å². The average molecular weight is 206 g/mol. The minimum atomic E-state index is -0.255. The van der Waals surface area contributed by atoms with E-state index in [1.165, 1.54) is 0 Å². The van der Waals surface area contributed by atoms with Crippen LogP contribution < -0.4 is 5.73 Å². The number of hydrogen-bond acceptors (Lipinski definition) is 4. The monoisotopic (exact) mass is 206 g/mol. The van der Waals surface area contributed by atoms with Gasteiger partial charge in [-0.3, -0.25) is 4.68 Å². The number of rotatable bonds is 4. The number of hydrogen-bond donors (Lipinski definition) is 2. The van der Waals surface area contributed by atoms with E-state index in [9.17, 15) is 0 Å². The van der Waals surface area contributed by atoms with Crippen molar-refractivity contribution in [1.29, 1.82) is 0 Å². The first kappa shape index (κ1) is 9.85. The summed E-state index contributed by atoms with van der Waals surface area (Å²) in [5, 5.41) is 14.4. The third kappa shape index (κ3) is 2.04. The van der Waals surface area contributed by atoms with Crippen LogP contribution in [-0.2, 0) is 6.54 Å². The Balaban J connectivity index is 2.15. The Morgan fingerprint density at radius 1 is 1.53 bits per heavy atom. The van der Waals surface area contributed by atoms with E-state index in [2.05, 4.69) is 27.4 Å². The second kappa shape index (κ2) is 4.22. The summed E-state index contributed by atoms with van der Waals surface area (Å²) < 4.78 is 1.88. The lowest BCUT2D eigenvalue weighted by Gasteiger charge is -2.03. The van der Waals surface area contributed by atoms with Crippen molar-refractivity contribution in [2.45, 2.75) is 25.9 Å². The highest BCUT2D eigenvalue weighted by Crippen LogP contribution is 2.15. The lowest BCUT2D eigenvalue weighted by atomic mass is 10.1. The summed E-state index contributed by atoms with van der Waals surface area (Å²) in [5.41, 5.74) is 7.68. The first-order chi connectivity index (χ1) is 7.31. The van der Waals surface area contributed by atoms with Crippen LogP contribution in [0.25, 0.3) is 0 Å². The van der Waals surface area contributed by atoms with Crippen LogP contribution in [0.3, 0.4) is 0 Å². The summed E-state index contributed by atoms with van der Waals surface area (Å²) in [6.45, 7) is 3.02. The summed E-state index contributed by atoms with van der Waals surface area (Å²) in [6, 6.07) is -0.255. The van der Waals surface area contributed by atoms with Gasteiger partial charge in [0.15, 0.2) is 0 Å². The Labute approximate surface area is 87.5 Å². The molecule has 2 heterocycles. The molecule has 2 aromatic heterocycles. The first-order valence-corrected chi connectivity index (χ1v) is 4.95. The Kier molecular flexibility index (Phi) is 2.77. The fourth-order valence-electron chi connectivity index (χ4n) is 1.42. The van der Waals surface area contributed by atoms with Gasteiger partial charge in [-0.2, -0.15) is 20.5 Å². The van der Waals surface area contributed by atoms with Crippen molar-refractivity contribution in [3.8, 4) is 0 Å². The predicted molar refractivity (Wildman–Crippen MR) is 54.9 cm³/mol. The first-order valence-electron chi connectivity index (χ1n) is 4.95. The van der Waals surface area contributed by atoms with Gasteiger partial charge >= 0.3 is 0 Å². The second-order valence-corrected chi connectivity index (χ2v) is 3.41. The molecule has 0 spiro atoms. The summed E-state index contributed by atoms with van der Waals surface area (Å²) in [4.78, 5) is 0. The highest BCUT2D eigenvalue weighted by atomic mass is 15.3. The molecule has 0 bridgehead atoms. The van der Waals surface area contributed by atoms with E-state index in [1.807, 2.05) is 10.9 Å². The molecule has 0 fully saturated rings. The molecular formula is C9H14N6. The maximum atomic E-state index is 5.99. The fraction of sp³-hybridized carbons (Fsp3) is 0.444. The number of nitrogens with one attached hydrogen (secondary N) is 1. The van der Waals surface area contributed by atoms with Gasteiger partial charge in [-0.25, -0.2) is 0 Å². The summed E-state index contributed by atoms with van der Waals surface area (Å²) >= 11 is 0. The maximum Gasteiger partial charge on any atom is 0.104 e. The second-order valence-electron chi connectivity index (χ2n) is 3.41. The molecule has 0 saturated carbocycles. The molecule has 3 N–H and O–H groups in total. The molecule has 0 aromatic carbocycles. The summed E-state index contributed by atoms with van der Waals surface area (Å²) in [5.74, 6) is 0. The van der Waals surface area contributed by atoms with E-state index in [0.717, 1.165) is 24.2 Å². The molecular weight excluding hydrogens is 192 g/mol. The van der Waals surface area contributed by atoms with E-state index in [1.54, 1.807) is 12.4 Å². The maximum absolute atomic E-state index is 5.99. The van der Waals surface area contributed by atoms with Gasteiger partial charge in [0.25, 0.3) is 0 Å². The van der Waals surface area contributed by atoms with E-state index in [0.29, 0.717) is 0 Å². The molecule has 15 heavy (non-hydrogen) atoms. The van der Waals surface area contributed by atoms with E-state index in [-0.39, 0.29) is 6.04 Å². The molecule has 6 heteroatoms. The zero-order chi connectivity index (χ0) is 10.7. The van der Waals surface area contributed by atoms with Crippen LogP contribution in [0.1, 0.15) is 30.6 Å². The van der Waals surface area contributed by atoms with E-state index >= 15 is 0 Å². The van der Waals surface area contributed by atoms with Crippen molar-refractivity contribution in [2.75, 3.05) is 0 Å². The summed E-state index contributed by atoms with van der Waals surface area (Å²) in [7, 11) is 0. The third-order valence-electron chi connectivity index (χ3n) is 2.22. The Hall–Kier alpha value is -1.69. The molecule has 0 radical (unpaired) electrons. The number of H-pyrrole nitrogens is 1. The minimum Gasteiger partial charge on any atom is -0.319 e. The van der Waals surface area contributed by atoms with Gasteiger partial charge in [-0.05, 0) is 6.42 Å². The number of aromatic nitrogens is 5. The zero-order valence-corrected chi connectivity index (χ0v) is 8.59. The molecule has 2 rings (SSSR count). The van der Waals surface area contributed by atoms with Gasteiger partial charge in [-0.15, -0.1) is 0 Å². The van der Waals surface area contributed by atoms with Crippen LogP contribution in [0.4, 0.5) is 0 Å². The van der Waals surface area contributed by atoms with Gasteiger partial charge in [-0.1, -0.05) is 6.92 Å². The van der Waals surface area contributed by atoms with Crippen LogP contribution in [0.15, 0.2) is 18.6 Å². The average Bonchev–Trinajstić information content (AvgIpc) is 2.87. The van der Waals surface area contributed by atoms with Crippen LogP contribution in [0, 0.1) is 0 Å². The molecule has 6 nitrogen and oxygen atoms in total. The van der Waals surface area contributed by atoms with E-state index in [4.69, 9.17) is 5.73 Å². The number of aromatic amines is 1. The standard InChI is InChI=1S/C9H14N6/c1-2-3-15-6-7(4-12-15)9(10)8-5-11-14-13-8/h4-6,9H,2-3,10H2,1H3,(H,11,13,14). The Morgan fingerprint density at radius 3 is 3.07 bits per heavy atom. The molecule has 1 unspecified atom stereocenters. The SMILES string of the molecule is CCCn1cc(C(N)c2cn[nH]n2)cn1. The Morgan fingerprint density at radius 2 is 2.40 bits per heavy atom. The van der Waals surface area contributed by atoms with Crippen LogP contribution in [-0.4, -0.2) is 25.2 Å². The van der Waals surface area contributed by atoms with Crippen molar-refractivity contribution in [3.05, 3.63) is 29.8 Å². The highest BCUT2D eigenvalue weighted by molar-refractivity contribution is 5.20. The number of aryl methyl sites for hydroxylation is 1. The molecule has 0 aliphatic heterocycles. The van der Waals surface area contributed by atoms with Crippen molar-refractivity contribution in [2.24, 2.45) is 5.73 Å². The lowest BCUT2D eigenvalue weighted by Crippen LogP contribution is -2.11. The normalized spacial score (nSPS) is 12.9. The third-order valence-corrected chi connectivity index (χ3v) is 2.22. The topological polar surface area (TPSA) is 85.4 Å². The number of nitrogens with zero attached hydrogens (tertiary/aromatic N) is 4. The quantitative estimate of drug-likeness (QED) is 0.761. The smallest absolute Gasteiger partial charge is 0.104 e. The van der Waals surface area contributed by atoms with Crippen LogP contribution in [0.2, 0.25) is 0 Å². The van der Waals surface area contributed by atoms with Gasteiger partial charge in [0, 0.05) is 18.3 Å². The molecule has 2 aromatic rings.